The van der Waals surface area contributed by atoms with E-state index in [0.717, 1.165) is 34.6 Å². The number of benzene rings is 2. The molecule has 2 amide bonds. The van der Waals surface area contributed by atoms with Gasteiger partial charge in [-0.2, -0.15) is 8.78 Å². The molecule has 0 radical (unpaired) electrons. The first-order valence-electron chi connectivity index (χ1n) is 10.8. The number of nitrogens with zero attached hydrogens (tertiary/aromatic N) is 1. The third kappa shape index (κ3) is 4.89. The van der Waals surface area contributed by atoms with Gasteiger partial charge in [0.2, 0.25) is 5.91 Å². The zero-order valence-electron chi connectivity index (χ0n) is 19.3. The highest BCUT2D eigenvalue weighted by Gasteiger charge is 2.50. The van der Waals surface area contributed by atoms with Gasteiger partial charge in [-0.05, 0) is 40.1 Å². The Hall–Kier alpha value is -2.65. The summed E-state index contributed by atoms with van der Waals surface area (Å²) in [5.74, 6) is -0.744. The van der Waals surface area contributed by atoms with E-state index in [2.05, 4.69) is 5.32 Å². The zero-order chi connectivity index (χ0) is 25.8. The molecule has 4 rings (SSSR count). The summed E-state index contributed by atoms with van der Waals surface area (Å²) in [7, 11) is -5.71. The van der Waals surface area contributed by atoms with Crippen LogP contribution < -0.4 is 5.32 Å². The van der Waals surface area contributed by atoms with Crippen molar-refractivity contribution in [2.75, 3.05) is 0 Å². The van der Waals surface area contributed by atoms with Gasteiger partial charge in [-0.3, -0.25) is 14.2 Å². The van der Waals surface area contributed by atoms with Crippen LogP contribution in [0.15, 0.2) is 48.5 Å². The number of amides is 2. The van der Waals surface area contributed by atoms with Gasteiger partial charge in [-0.15, -0.1) is 11.3 Å². The number of hydrogen-bond acceptors (Lipinski definition) is 4. The van der Waals surface area contributed by atoms with E-state index in [9.17, 15) is 22.9 Å². The maximum absolute atomic E-state index is 14.1. The molecule has 2 heterocycles. The Morgan fingerprint density at radius 2 is 1.66 bits per heavy atom. The van der Waals surface area contributed by atoms with Crippen molar-refractivity contribution in [1.82, 2.24) is 10.2 Å². The summed E-state index contributed by atoms with van der Waals surface area (Å²) in [5, 5.41) is 3.06. The Labute approximate surface area is 204 Å². The van der Waals surface area contributed by atoms with Crippen molar-refractivity contribution in [3.8, 4) is 0 Å². The third-order valence-corrected chi connectivity index (χ3v) is 8.10. The van der Waals surface area contributed by atoms with Gasteiger partial charge >= 0.3 is 13.3 Å². The van der Waals surface area contributed by atoms with Gasteiger partial charge < -0.3 is 20.0 Å². The fraction of sp³-hybridized carbons (Fsp3) is 0.333. The molecular weight excluding hydrogens is 497 g/mol. The van der Waals surface area contributed by atoms with E-state index in [1.54, 1.807) is 4.90 Å². The van der Waals surface area contributed by atoms with Crippen LogP contribution in [0.4, 0.5) is 8.78 Å². The molecule has 3 N–H and O–H groups in total. The van der Waals surface area contributed by atoms with Crippen molar-refractivity contribution >= 4 is 40.8 Å². The van der Waals surface area contributed by atoms with Gasteiger partial charge in [-0.25, -0.2) is 0 Å². The fourth-order valence-electron chi connectivity index (χ4n) is 4.03. The number of carbonyl (C=O) groups excluding carboxylic acids is 2. The summed E-state index contributed by atoms with van der Waals surface area (Å²) in [6, 6.07) is 11.5. The topological polar surface area (TPSA) is 107 Å². The van der Waals surface area contributed by atoms with Crippen LogP contribution in [0.1, 0.15) is 47.1 Å². The molecule has 35 heavy (non-hydrogen) atoms. The summed E-state index contributed by atoms with van der Waals surface area (Å²) in [6.45, 7) is 6.45. The first kappa shape index (κ1) is 25.4. The molecule has 0 spiro atoms. The number of nitrogens with one attached hydrogen (secondary N) is 1. The minimum absolute atomic E-state index is 0.198. The lowest BCUT2D eigenvalue weighted by Crippen LogP contribution is -2.53. The van der Waals surface area contributed by atoms with Crippen LogP contribution in [0.2, 0.25) is 0 Å². The molecule has 1 aliphatic heterocycles. The van der Waals surface area contributed by atoms with Crippen molar-refractivity contribution in [1.29, 1.82) is 0 Å². The number of halogens is 2. The highest BCUT2D eigenvalue weighted by molar-refractivity contribution is 7.52. The molecule has 0 aliphatic carbocycles. The molecule has 0 unspecified atom stereocenters. The van der Waals surface area contributed by atoms with Gasteiger partial charge in [0.1, 0.15) is 6.04 Å². The van der Waals surface area contributed by atoms with E-state index >= 15 is 0 Å². The number of hydrogen-bond donors (Lipinski definition) is 3. The summed E-state index contributed by atoms with van der Waals surface area (Å²) < 4.78 is 39.9. The lowest BCUT2D eigenvalue weighted by molar-refractivity contribution is -0.136. The van der Waals surface area contributed by atoms with Crippen molar-refractivity contribution in [3.05, 3.63) is 70.1 Å². The third-order valence-electron chi connectivity index (χ3n) is 5.99. The van der Waals surface area contributed by atoms with Crippen molar-refractivity contribution in [2.24, 2.45) is 5.41 Å². The molecule has 1 aromatic heterocycles. The molecule has 186 valence electrons. The minimum Gasteiger partial charge on any atom is -0.339 e. The van der Waals surface area contributed by atoms with Crippen LogP contribution in [-0.2, 0) is 28.1 Å². The highest BCUT2D eigenvalue weighted by Crippen LogP contribution is 2.59. The summed E-state index contributed by atoms with van der Waals surface area (Å²) in [4.78, 5) is 46.4. The normalized spacial score (nSPS) is 15.2. The van der Waals surface area contributed by atoms with E-state index in [1.807, 2.05) is 45.0 Å². The summed E-state index contributed by atoms with van der Waals surface area (Å²) in [5.41, 5.74) is -3.65. The maximum Gasteiger partial charge on any atom is 0.399 e. The van der Waals surface area contributed by atoms with E-state index in [-0.39, 0.29) is 16.2 Å². The van der Waals surface area contributed by atoms with E-state index in [1.165, 1.54) is 12.1 Å². The van der Waals surface area contributed by atoms with Crippen molar-refractivity contribution < 1.29 is 32.7 Å². The standard InChI is InChI=1S/C24H25F2N2O5PS/c1-23(2,3)20(22(30)28-12-14-6-4-5-7-15(14)13-28)27-21(29)19-11-16-10-17(8-9-18(16)35-19)24(25,26)34(31,32)33/h4-11,20H,12-13H2,1-3H3,(H,27,29)(H2,31,32,33)/t20-/m1/s1. The molecular formula is C24H25F2N2O5PS. The maximum atomic E-state index is 14.1. The molecule has 0 saturated heterocycles. The Balaban J connectivity index is 1.57. The SMILES string of the molecule is CC(C)(C)[C@H](NC(=O)c1cc2cc(C(F)(F)P(=O)(O)O)ccc2s1)C(=O)N1Cc2ccccc2C1. The first-order chi connectivity index (χ1) is 16.2. The second-order valence-corrected chi connectivity index (χ2v) is 12.4. The molecule has 0 saturated carbocycles. The largest absolute Gasteiger partial charge is 0.399 e. The molecule has 2 aromatic carbocycles. The molecule has 1 atom stereocenters. The lowest BCUT2D eigenvalue weighted by Gasteiger charge is -2.33. The predicted octanol–water partition coefficient (Wildman–Crippen LogP) is 4.82. The highest BCUT2D eigenvalue weighted by atomic mass is 32.1. The van der Waals surface area contributed by atoms with Crippen LogP contribution in [0.25, 0.3) is 10.1 Å². The molecule has 0 bridgehead atoms. The van der Waals surface area contributed by atoms with Gasteiger partial charge in [-0.1, -0.05) is 51.1 Å². The average Bonchev–Trinajstić information content (AvgIpc) is 3.38. The van der Waals surface area contributed by atoms with Gasteiger partial charge in [0.05, 0.1) is 4.88 Å². The lowest BCUT2D eigenvalue weighted by atomic mass is 9.85. The smallest absolute Gasteiger partial charge is 0.339 e. The first-order valence-corrected chi connectivity index (χ1v) is 13.3. The number of carbonyl (C=O) groups is 2. The van der Waals surface area contributed by atoms with Gasteiger partial charge in [0.15, 0.2) is 0 Å². The Morgan fingerprint density at radius 1 is 1.06 bits per heavy atom. The van der Waals surface area contributed by atoms with E-state index in [4.69, 9.17) is 9.79 Å². The Kier molecular flexibility index (Phi) is 6.38. The Bertz CT molecular complexity index is 1340. The summed E-state index contributed by atoms with van der Waals surface area (Å²) in [6.07, 6.45) is 0. The van der Waals surface area contributed by atoms with Crippen LogP contribution in [0.5, 0.6) is 0 Å². The second-order valence-electron chi connectivity index (χ2n) is 9.68. The predicted molar refractivity (Wildman–Crippen MR) is 129 cm³/mol. The molecule has 3 aromatic rings. The quantitative estimate of drug-likeness (QED) is 0.417. The molecule has 11 heteroatoms. The molecule has 7 nitrogen and oxygen atoms in total. The Morgan fingerprint density at radius 3 is 2.20 bits per heavy atom. The number of alkyl halides is 2. The van der Waals surface area contributed by atoms with Crippen molar-refractivity contribution in [3.63, 3.8) is 0 Å². The zero-order valence-corrected chi connectivity index (χ0v) is 21.0. The van der Waals surface area contributed by atoms with Gasteiger partial charge in [0.25, 0.3) is 5.91 Å². The molecule has 0 fully saturated rings. The molecule has 1 aliphatic rings. The average molecular weight is 523 g/mol. The van der Waals surface area contributed by atoms with E-state index in [0.29, 0.717) is 17.8 Å². The number of thiophene rings is 1. The van der Waals surface area contributed by atoms with Crippen LogP contribution in [0.3, 0.4) is 0 Å². The van der Waals surface area contributed by atoms with Crippen LogP contribution in [0, 0.1) is 5.41 Å². The fourth-order valence-corrected chi connectivity index (χ4v) is 5.45. The second kappa shape index (κ2) is 8.78. The monoisotopic (exact) mass is 522 g/mol. The minimum atomic E-state index is -5.71. The van der Waals surface area contributed by atoms with Crippen molar-refractivity contribution in [2.45, 2.75) is 45.6 Å². The summed E-state index contributed by atoms with van der Waals surface area (Å²) >= 11 is 1.04. The number of fused-ring (bicyclic) bond motifs is 2. The van der Waals surface area contributed by atoms with Crippen LogP contribution in [-0.4, -0.2) is 32.5 Å². The number of rotatable bonds is 5. The van der Waals surface area contributed by atoms with Crippen LogP contribution >= 0.6 is 18.9 Å². The van der Waals surface area contributed by atoms with E-state index < -0.39 is 36.2 Å². The van der Waals surface area contributed by atoms with Gasteiger partial charge in [0, 0.05) is 23.4 Å².